The van der Waals surface area contributed by atoms with Gasteiger partial charge in [0.2, 0.25) is 0 Å². The predicted octanol–water partition coefficient (Wildman–Crippen LogP) is -2.03. The summed E-state index contributed by atoms with van der Waals surface area (Å²) in [6.45, 7) is 0. The minimum atomic E-state index is -4.59. The van der Waals surface area contributed by atoms with Crippen LogP contribution in [0.25, 0.3) is 0 Å². The van der Waals surface area contributed by atoms with E-state index in [0.717, 1.165) is 12.8 Å². The monoisotopic (exact) mass is 242 g/mol. The molecule has 2 fully saturated rings. The zero-order valence-corrected chi connectivity index (χ0v) is 11.8. The standard InChI is InChI=1S/C9H16O4S.Na/c10-9(14(11,12)13)7-3-6-8(9)4-1-2-5-8;/h10H,1-7H2,(H,11,12,13);/q;+1/p-1. The van der Waals surface area contributed by atoms with Gasteiger partial charge in [0.25, 0.3) is 0 Å². The van der Waals surface area contributed by atoms with Crippen molar-refractivity contribution in [1.29, 1.82) is 0 Å². The number of hydrogen-bond acceptors (Lipinski definition) is 4. The van der Waals surface area contributed by atoms with Crippen molar-refractivity contribution in [3.8, 4) is 0 Å². The molecule has 0 bridgehead atoms. The summed E-state index contributed by atoms with van der Waals surface area (Å²) in [7, 11) is -4.59. The van der Waals surface area contributed by atoms with E-state index in [1.54, 1.807) is 0 Å². The van der Waals surface area contributed by atoms with Crippen LogP contribution in [0.15, 0.2) is 0 Å². The fourth-order valence-corrected chi connectivity index (χ4v) is 4.44. The predicted molar refractivity (Wildman–Crippen MR) is 49.4 cm³/mol. The summed E-state index contributed by atoms with van der Waals surface area (Å²) in [6, 6.07) is 0. The molecule has 1 N–H and O–H groups in total. The van der Waals surface area contributed by atoms with E-state index in [9.17, 15) is 18.1 Å². The van der Waals surface area contributed by atoms with Crippen LogP contribution in [0.5, 0.6) is 0 Å². The molecule has 0 heterocycles. The van der Waals surface area contributed by atoms with E-state index in [2.05, 4.69) is 0 Å². The third-order valence-corrected chi connectivity index (χ3v) is 5.44. The molecule has 2 aliphatic rings. The molecule has 0 saturated heterocycles. The molecule has 0 amide bonds. The van der Waals surface area contributed by atoms with Gasteiger partial charge in [0, 0.05) is 5.41 Å². The van der Waals surface area contributed by atoms with Gasteiger partial charge in [-0.05, 0) is 32.1 Å². The summed E-state index contributed by atoms with van der Waals surface area (Å²) in [5, 5.41) is 10.1. The normalized spacial score (nSPS) is 34.3. The number of rotatable bonds is 1. The maximum Gasteiger partial charge on any atom is 1.00 e. The minimum Gasteiger partial charge on any atom is -0.746 e. The van der Waals surface area contributed by atoms with Crippen molar-refractivity contribution < 1.29 is 47.6 Å². The van der Waals surface area contributed by atoms with E-state index in [0.29, 0.717) is 25.7 Å². The van der Waals surface area contributed by atoms with Crippen LogP contribution in [0.4, 0.5) is 0 Å². The van der Waals surface area contributed by atoms with Crippen molar-refractivity contribution in [1.82, 2.24) is 0 Å². The molecule has 4 nitrogen and oxygen atoms in total. The average molecular weight is 242 g/mol. The molecule has 2 saturated carbocycles. The average Bonchev–Trinajstić information content (AvgIpc) is 2.62. The summed E-state index contributed by atoms with van der Waals surface area (Å²) < 4.78 is 33.3. The van der Waals surface area contributed by atoms with Crippen molar-refractivity contribution in [3.05, 3.63) is 0 Å². The molecule has 1 spiro atoms. The molecular formula is C9H15NaO4S. The first-order chi connectivity index (χ1) is 6.41. The van der Waals surface area contributed by atoms with Gasteiger partial charge in [-0.1, -0.05) is 12.8 Å². The van der Waals surface area contributed by atoms with Gasteiger partial charge >= 0.3 is 29.6 Å². The molecule has 0 aliphatic heterocycles. The molecule has 2 aliphatic carbocycles. The smallest absolute Gasteiger partial charge is 0.746 e. The fourth-order valence-electron chi connectivity index (χ4n) is 3.21. The van der Waals surface area contributed by atoms with E-state index in [4.69, 9.17) is 0 Å². The van der Waals surface area contributed by atoms with Crippen LogP contribution >= 0.6 is 0 Å². The van der Waals surface area contributed by atoms with Gasteiger partial charge in [-0.25, -0.2) is 8.42 Å². The molecule has 1 unspecified atom stereocenters. The zero-order chi connectivity index (χ0) is 10.4. The van der Waals surface area contributed by atoms with E-state index in [-0.39, 0.29) is 36.0 Å². The molecule has 6 heteroatoms. The Morgan fingerprint density at radius 2 is 1.47 bits per heavy atom. The van der Waals surface area contributed by atoms with E-state index in [1.165, 1.54) is 0 Å². The third kappa shape index (κ3) is 1.91. The van der Waals surface area contributed by atoms with E-state index >= 15 is 0 Å². The second-order valence-electron chi connectivity index (χ2n) is 4.58. The second-order valence-corrected chi connectivity index (χ2v) is 6.16. The summed E-state index contributed by atoms with van der Waals surface area (Å²) in [5.74, 6) is 0. The van der Waals surface area contributed by atoms with Gasteiger partial charge in [0.05, 0.1) is 0 Å². The van der Waals surface area contributed by atoms with Crippen LogP contribution in [0.2, 0.25) is 0 Å². The third-order valence-electron chi connectivity index (χ3n) is 3.97. The Bertz CT molecular complexity index is 329. The van der Waals surface area contributed by atoms with Crippen molar-refractivity contribution in [2.24, 2.45) is 5.41 Å². The minimum absolute atomic E-state index is 0. The molecule has 0 aromatic rings. The Labute approximate surface area is 112 Å². The van der Waals surface area contributed by atoms with Crippen molar-refractivity contribution >= 4 is 10.1 Å². The topological polar surface area (TPSA) is 77.4 Å². The Morgan fingerprint density at radius 3 is 1.93 bits per heavy atom. The van der Waals surface area contributed by atoms with Gasteiger partial charge in [0.15, 0.2) is 4.93 Å². The van der Waals surface area contributed by atoms with Gasteiger partial charge in [-0.2, -0.15) is 0 Å². The Morgan fingerprint density at radius 1 is 1.00 bits per heavy atom. The quantitative estimate of drug-likeness (QED) is 0.425. The molecule has 15 heavy (non-hydrogen) atoms. The number of hydrogen-bond donors (Lipinski definition) is 1. The zero-order valence-electron chi connectivity index (χ0n) is 9.03. The molecule has 82 valence electrons. The van der Waals surface area contributed by atoms with Gasteiger partial charge in [-0.15, -0.1) is 0 Å². The maximum atomic E-state index is 11.1. The summed E-state index contributed by atoms with van der Waals surface area (Å²) in [6.07, 6.45) is 4.69. The van der Waals surface area contributed by atoms with Gasteiger partial charge < -0.3 is 9.66 Å². The summed E-state index contributed by atoms with van der Waals surface area (Å²) >= 11 is 0. The van der Waals surface area contributed by atoms with Crippen LogP contribution in [0.1, 0.15) is 44.9 Å². The first-order valence-corrected chi connectivity index (χ1v) is 6.50. The van der Waals surface area contributed by atoms with Gasteiger partial charge in [-0.3, -0.25) is 0 Å². The summed E-state index contributed by atoms with van der Waals surface area (Å²) in [4.78, 5) is -1.98. The van der Waals surface area contributed by atoms with Crippen LogP contribution in [-0.4, -0.2) is 23.0 Å². The van der Waals surface area contributed by atoms with Crippen LogP contribution in [0.3, 0.4) is 0 Å². The first-order valence-electron chi connectivity index (χ1n) is 5.09. The molecule has 1 atom stereocenters. The Balaban J connectivity index is 0.00000112. The summed E-state index contributed by atoms with van der Waals surface area (Å²) in [5.41, 5.74) is -0.617. The molecule has 2 rings (SSSR count). The fraction of sp³-hybridized carbons (Fsp3) is 1.00. The van der Waals surface area contributed by atoms with Crippen molar-refractivity contribution in [2.45, 2.75) is 49.9 Å². The molecular weight excluding hydrogens is 227 g/mol. The van der Waals surface area contributed by atoms with Crippen molar-refractivity contribution in [3.63, 3.8) is 0 Å². The Kier molecular flexibility index (Phi) is 3.97. The second kappa shape index (κ2) is 4.27. The maximum absolute atomic E-state index is 11.1. The SMILES string of the molecule is O=S(=O)([O-])C1(O)CCCC12CCCC2.[Na+]. The number of aliphatic hydroxyl groups is 1. The first kappa shape index (κ1) is 13.9. The Hall–Kier alpha value is 0.870. The van der Waals surface area contributed by atoms with Crippen LogP contribution in [-0.2, 0) is 10.1 Å². The van der Waals surface area contributed by atoms with Crippen LogP contribution in [0, 0.1) is 5.41 Å². The van der Waals surface area contributed by atoms with Crippen LogP contribution < -0.4 is 29.6 Å². The van der Waals surface area contributed by atoms with Crippen molar-refractivity contribution in [2.75, 3.05) is 0 Å². The molecule has 0 aromatic heterocycles. The van der Waals surface area contributed by atoms with E-state index in [1.807, 2.05) is 0 Å². The van der Waals surface area contributed by atoms with E-state index < -0.39 is 20.5 Å². The molecule has 0 aromatic carbocycles. The largest absolute Gasteiger partial charge is 1.00 e. The molecule has 0 radical (unpaired) electrons. The van der Waals surface area contributed by atoms with Gasteiger partial charge in [0.1, 0.15) is 10.1 Å².